The minimum absolute atomic E-state index is 0.0612. The molecule has 3 rings (SSSR count). The Kier molecular flexibility index (Phi) is 6.29. The van der Waals surface area contributed by atoms with E-state index in [0.29, 0.717) is 43.7 Å². The molecular formula is C19H28N2O4. The third-order valence-corrected chi connectivity index (χ3v) is 4.69. The molecular weight excluding hydrogens is 320 g/mol. The highest BCUT2D eigenvalue weighted by Gasteiger charge is 2.35. The summed E-state index contributed by atoms with van der Waals surface area (Å²) < 4.78 is 16.7. The van der Waals surface area contributed by atoms with Gasteiger partial charge in [0.25, 0.3) is 5.91 Å². The smallest absolute Gasteiger partial charge is 0.254 e. The number of carbonyl (C=O) groups is 1. The summed E-state index contributed by atoms with van der Waals surface area (Å²) in [5, 5.41) is 0. The van der Waals surface area contributed by atoms with Crippen molar-refractivity contribution in [2.24, 2.45) is 5.92 Å². The Morgan fingerprint density at radius 1 is 1.24 bits per heavy atom. The lowest BCUT2D eigenvalue weighted by molar-refractivity contribution is 0.0483. The van der Waals surface area contributed by atoms with E-state index in [0.717, 1.165) is 26.2 Å². The number of ether oxygens (including phenoxy) is 3. The van der Waals surface area contributed by atoms with E-state index in [1.54, 1.807) is 0 Å². The van der Waals surface area contributed by atoms with Crippen LogP contribution < -0.4 is 4.74 Å². The lowest BCUT2D eigenvalue weighted by Crippen LogP contribution is -2.45. The first-order chi connectivity index (χ1) is 12.2. The molecule has 138 valence electrons. The first-order valence-electron chi connectivity index (χ1n) is 9.05. The van der Waals surface area contributed by atoms with Gasteiger partial charge in [-0.2, -0.15) is 0 Å². The maximum atomic E-state index is 13.1. The number of amides is 1. The standard InChI is InChI=1S/C19H28N2O4/c1-3-23-7-8-25-18-6-4-5-16(9-18)19(22)21-11-15-10-20(2)12-17(21)14-24-13-15/h4-6,9,15,17H,3,7-8,10-14H2,1-2H3/t15-,17-/m0/s1. The molecule has 0 N–H and O–H groups in total. The monoisotopic (exact) mass is 348 g/mol. The van der Waals surface area contributed by atoms with Gasteiger partial charge in [0.2, 0.25) is 0 Å². The Balaban J connectivity index is 1.69. The van der Waals surface area contributed by atoms with Crippen molar-refractivity contribution in [1.82, 2.24) is 9.80 Å². The summed E-state index contributed by atoms with van der Waals surface area (Å²) >= 11 is 0. The molecule has 2 heterocycles. The summed E-state index contributed by atoms with van der Waals surface area (Å²) in [5.41, 5.74) is 0.670. The van der Waals surface area contributed by atoms with E-state index in [9.17, 15) is 4.79 Å². The predicted molar refractivity (Wildman–Crippen MR) is 95.1 cm³/mol. The number of likely N-dealkylation sites (N-methyl/N-ethyl adjacent to an activating group) is 1. The Morgan fingerprint density at radius 2 is 2.12 bits per heavy atom. The first kappa shape index (κ1) is 18.2. The molecule has 6 nitrogen and oxygen atoms in total. The van der Waals surface area contributed by atoms with E-state index < -0.39 is 0 Å². The second-order valence-corrected chi connectivity index (χ2v) is 6.81. The minimum atomic E-state index is 0.0612. The second kappa shape index (κ2) is 8.65. The van der Waals surface area contributed by atoms with Crippen LogP contribution in [-0.2, 0) is 9.47 Å². The number of carbonyl (C=O) groups excluding carboxylic acids is 1. The zero-order valence-corrected chi connectivity index (χ0v) is 15.1. The molecule has 2 bridgehead atoms. The van der Waals surface area contributed by atoms with Gasteiger partial charge in [-0.3, -0.25) is 4.79 Å². The van der Waals surface area contributed by atoms with E-state index in [2.05, 4.69) is 11.9 Å². The van der Waals surface area contributed by atoms with Crippen molar-refractivity contribution in [1.29, 1.82) is 0 Å². The van der Waals surface area contributed by atoms with Crippen LogP contribution in [0.5, 0.6) is 5.75 Å². The van der Waals surface area contributed by atoms with Gasteiger partial charge in [-0.1, -0.05) is 6.07 Å². The number of benzene rings is 1. The van der Waals surface area contributed by atoms with Gasteiger partial charge in [0.15, 0.2) is 0 Å². The number of hydrogen-bond acceptors (Lipinski definition) is 5. The van der Waals surface area contributed by atoms with E-state index >= 15 is 0 Å². The molecule has 0 aromatic heterocycles. The average Bonchev–Trinajstić information content (AvgIpc) is 2.88. The highest BCUT2D eigenvalue weighted by molar-refractivity contribution is 5.95. The zero-order chi connectivity index (χ0) is 17.6. The number of hydrogen-bond donors (Lipinski definition) is 0. The van der Waals surface area contributed by atoms with Crippen molar-refractivity contribution in [3.8, 4) is 5.75 Å². The number of rotatable bonds is 6. The zero-order valence-electron chi connectivity index (χ0n) is 15.1. The molecule has 2 aliphatic rings. The van der Waals surface area contributed by atoms with Crippen molar-refractivity contribution in [3.05, 3.63) is 29.8 Å². The van der Waals surface area contributed by atoms with E-state index in [4.69, 9.17) is 14.2 Å². The van der Waals surface area contributed by atoms with E-state index in [-0.39, 0.29) is 11.9 Å². The first-order valence-corrected chi connectivity index (χ1v) is 9.05. The molecule has 0 spiro atoms. The van der Waals surface area contributed by atoms with Crippen molar-refractivity contribution < 1.29 is 19.0 Å². The van der Waals surface area contributed by atoms with Crippen LogP contribution in [0.2, 0.25) is 0 Å². The van der Waals surface area contributed by atoms with Gasteiger partial charge in [0.1, 0.15) is 12.4 Å². The number of fused-ring (bicyclic) bond motifs is 3. The fourth-order valence-corrected chi connectivity index (χ4v) is 3.57. The topological polar surface area (TPSA) is 51.2 Å². The van der Waals surface area contributed by atoms with Crippen LogP contribution in [0.25, 0.3) is 0 Å². The lowest BCUT2D eigenvalue weighted by Gasteiger charge is -2.29. The highest BCUT2D eigenvalue weighted by Crippen LogP contribution is 2.22. The Bertz CT molecular complexity index is 580. The normalized spacial score (nSPS) is 24.0. The molecule has 2 atom stereocenters. The third-order valence-electron chi connectivity index (χ3n) is 4.69. The summed E-state index contributed by atoms with van der Waals surface area (Å²) in [6, 6.07) is 7.54. The van der Waals surface area contributed by atoms with Crippen molar-refractivity contribution >= 4 is 5.91 Å². The largest absolute Gasteiger partial charge is 0.491 e. The molecule has 1 aromatic rings. The predicted octanol–water partition coefficient (Wildman–Crippen LogP) is 1.50. The summed E-state index contributed by atoms with van der Waals surface area (Å²) in [7, 11) is 2.12. The van der Waals surface area contributed by atoms with Crippen LogP contribution in [-0.4, -0.2) is 81.5 Å². The van der Waals surface area contributed by atoms with Crippen LogP contribution in [0.4, 0.5) is 0 Å². The fraction of sp³-hybridized carbons (Fsp3) is 0.632. The minimum Gasteiger partial charge on any atom is -0.491 e. The molecule has 25 heavy (non-hydrogen) atoms. The molecule has 2 aliphatic heterocycles. The molecule has 0 radical (unpaired) electrons. The Labute approximate surface area is 149 Å². The SMILES string of the molecule is CCOCCOc1cccc(C(=O)N2C[C@H]3COC[C@@H]2CN(C)C3)c1. The van der Waals surface area contributed by atoms with Crippen LogP contribution >= 0.6 is 0 Å². The van der Waals surface area contributed by atoms with Crippen molar-refractivity contribution in [2.45, 2.75) is 13.0 Å². The quantitative estimate of drug-likeness (QED) is 0.730. The molecule has 2 fully saturated rings. The Morgan fingerprint density at radius 3 is 2.96 bits per heavy atom. The van der Waals surface area contributed by atoms with Crippen molar-refractivity contribution in [2.75, 3.05) is 59.7 Å². The van der Waals surface area contributed by atoms with Gasteiger partial charge in [-0.25, -0.2) is 0 Å². The molecule has 1 aromatic carbocycles. The van der Waals surface area contributed by atoms with Gasteiger partial charge < -0.3 is 24.0 Å². The van der Waals surface area contributed by atoms with Gasteiger partial charge >= 0.3 is 0 Å². The van der Waals surface area contributed by atoms with Crippen LogP contribution in [0, 0.1) is 5.92 Å². The van der Waals surface area contributed by atoms with Crippen molar-refractivity contribution in [3.63, 3.8) is 0 Å². The summed E-state index contributed by atoms with van der Waals surface area (Å²) in [4.78, 5) is 17.4. The highest BCUT2D eigenvalue weighted by atomic mass is 16.5. The number of nitrogens with zero attached hydrogens (tertiary/aromatic N) is 2. The third kappa shape index (κ3) is 4.71. The Hall–Kier alpha value is -1.63. The van der Waals surface area contributed by atoms with E-state index in [1.807, 2.05) is 36.1 Å². The molecule has 2 saturated heterocycles. The summed E-state index contributed by atoms with van der Waals surface area (Å²) in [6.45, 7) is 7.58. The van der Waals surface area contributed by atoms with Crippen LogP contribution in [0.3, 0.4) is 0 Å². The van der Waals surface area contributed by atoms with Gasteiger partial charge in [0.05, 0.1) is 25.9 Å². The maximum Gasteiger partial charge on any atom is 0.254 e. The van der Waals surface area contributed by atoms with E-state index in [1.165, 1.54) is 0 Å². The van der Waals surface area contributed by atoms with Crippen LogP contribution in [0.15, 0.2) is 24.3 Å². The molecule has 0 unspecified atom stereocenters. The maximum absolute atomic E-state index is 13.1. The fourth-order valence-electron chi connectivity index (χ4n) is 3.57. The second-order valence-electron chi connectivity index (χ2n) is 6.81. The van der Waals surface area contributed by atoms with Gasteiger partial charge in [0, 0.05) is 37.7 Å². The lowest BCUT2D eigenvalue weighted by atomic mass is 10.1. The summed E-state index contributed by atoms with van der Waals surface area (Å²) in [5.74, 6) is 1.13. The van der Waals surface area contributed by atoms with Crippen LogP contribution in [0.1, 0.15) is 17.3 Å². The van der Waals surface area contributed by atoms with Gasteiger partial charge in [-0.15, -0.1) is 0 Å². The molecule has 0 saturated carbocycles. The summed E-state index contributed by atoms with van der Waals surface area (Å²) in [6.07, 6.45) is 0. The molecule has 6 heteroatoms. The van der Waals surface area contributed by atoms with Gasteiger partial charge in [-0.05, 0) is 32.2 Å². The molecule has 1 amide bonds. The molecule has 0 aliphatic carbocycles. The average molecular weight is 348 g/mol.